The first kappa shape index (κ1) is 13.1. The van der Waals surface area contributed by atoms with Crippen LogP contribution in [0, 0.1) is 6.92 Å². The highest BCUT2D eigenvalue weighted by Crippen LogP contribution is 2.05. The molecule has 0 saturated heterocycles. The lowest BCUT2D eigenvalue weighted by Crippen LogP contribution is -2.23. The lowest BCUT2D eigenvalue weighted by Gasteiger charge is -2.03. The minimum Gasteiger partial charge on any atom is -0.373 e. The van der Waals surface area contributed by atoms with Gasteiger partial charge in [0.2, 0.25) is 0 Å². The van der Waals surface area contributed by atoms with E-state index >= 15 is 0 Å². The summed E-state index contributed by atoms with van der Waals surface area (Å²) in [7, 11) is 0. The summed E-state index contributed by atoms with van der Waals surface area (Å²) >= 11 is 1.45. The average Bonchev–Trinajstić information content (AvgIpc) is 2.52. The van der Waals surface area contributed by atoms with Crippen LogP contribution >= 0.6 is 11.8 Å². The summed E-state index contributed by atoms with van der Waals surface area (Å²) in [6.07, 6.45) is 0.851. The largest absolute Gasteiger partial charge is 0.373 e. The topological polar surface area (TPSA) is 78.2 Å². The number of thioether (sulfide) groups is 1. The van der Waals surface area contributed by atoms with Gasteiger partial charge in [0, 0.05) is 12.1 Å². The molecule has 0 bridgehead atoms. The van der Waals surface area contributed by atoms with Crippen molar-refractivity contribution in [1.82, 2.24) is 4.74 Å². The van der Waals surface area contributed by atoms with E-state index in [-0.39, 0.29) is 17.7 Å². The number of aryl methyl sites for hydroxylation is 1. The van der Waals surface area contributed by atoms with Gasteiger partial charge in [0.1, 0.15) is 5.76 Å². The fourth-order valence-electron chi connectivity index (χ4n) is 1.11. The van der Waals surface area contributed by atoms with Crippen LogP contribution in [-0.4, -0.2) is 28.2 Å². The molecule has 16 heavy (non-hydrogen) atoms. The predicted octanol–water partition coefficient (Wildman–Crippen LogP) is 0.860. The Kier molecular flexibility index (Phi) is 4.82. The molecule has 0 aliphatic carbocycles. The second-order valence-electron chi connectivity index (χ2n) is 3.69. The Bertz CT molecular complexity index is 408. The quantitative estimate of drug-likeness (QED) is 0.777. The van der Waals surface area contributed by atoms with E-state index in [1.54, 1.807) is 6.92 Å². The van der Waals surface area contributed by atoms with Crippen molar-refractivity contribution >= 4 is 17.7 Å². The maximum Gasteiger partial charge on any atom is 0.290 e. The van der Waals surface area contributed by atoms with Crippen LogP contribution in [0.4, 0.5) is 0 Å². The van der Waals surface area contributed by atoms with Crippen molar-refractivity contribution in [1.29, 1.82) is 0 Å². The molecule has 90 valence electrons. The third-order valence-electron chi connectivity index (χ3n) is 1.93. The molecule has 1 aromatic heterocycles. The molecule has 0 aromatic carbocycles. The lowest BCUT2D eigenvalue weighted by molar-refractivity contribution is 0.0813. The molecule has 5 nitrogen and oxygen atoms in total. The van der Waals surface area contributed by atoms with Crippen molar-refractivity contribution in [3.63, 3.8) is 0 Å². The van der Waals surface area contributed by atoms with Crippen LogP contribution in [0.1, 0.15) is 23.9 Å². The van der Waals surface area contributed by atoms with Crippen molar-refractivity contribution in [2.75, 3.05) is 11.5 Å². The highest BCUT2D eigenvalue weighted by atomic mass is 32.2. The normalized spacial score (nSPS) is 12.7. The molecule has 0 radical (unpaired) electrons. The third kappa shape index (κ3) is 3.86. The van der Waals surface area contributed by atoms with Gasteiger partial charge >= 0.3 is 0 Å². The summed E-state index contributed by atoms with van der Waals surface area (Å²) in [4.78, 5) is 22.8. The van der Waals surface area contributed by atoms with Gasteiger partial charge in [-0.25, -0.2) is 0 Å². The van der Waals surface area contributed by atoms with Crippen molar-refractivity contribution in [2.45, 2.75) is 26.3 Å². The van der Waals surface area contributed by atoms with Crippen LogP contribution < -0.4 is 11.3 Å². The summed E-state index contributed by atoms with van der Waals surface area (Å²) in [6.45, 7) is 3.55. The van der Waals surface area contributed by atoms with E-state index in [0.29, 0.717) is 5.76 Å². The molecule has 0 fully saturated rings. The first-order valence-electron chi connectivity index (χ1n) is 5.07. The van der Waals surface area contributed by atoms with Gasteiger partial charge in [-0.05, 0) is 26.0 Å². The minimum atomic E-state index is -0.407. The van der Waals surface area contributed by atoms with E-state index in [9.17, 15) is 9.59 Å². The standard InChI is InChI=1S/C10H16N2O3S/c1-7(11)3-4-16-6-10(14)12-9(13)5-8(2)15-12/h5,7H,3-4,6,11H2,1-2H3. The van der Waals surface area contributed by atoms with Crippen LogP contribution in [0.5, 0.6) is 0 Å². The number of nitrogens with zero attached hydrogens (tertiary/aromatic N) is 1. The molecule has 2 N–H and O–H groups in total. The van der Waals surface area contributed by atoms with Gasteiger partial charge in [0.05, 0.1) is 5.75 Å². The maximum absolute atomic E-state index is 11.5. The van der Waals surface area contributed by atoms with E-state index in [1.807, 2.05) is 6.92 Å². The number of rotatable bonds is 5. The lowest BCUT2D eigenvalue weighted by atomic mass is 10.3. The first-order valence-corrected chi connectivity index (χ1v) is 6.22. The minimum absolute atomic E-state index is 0.135. The molecule has 1 rings (SSSR count). The zero-order valence-electron chi connectivity index (χ0n) is 9.43. The molecular weight excluding hydrogens is 228 g/mol. The molecule has 0 spiro atoms. The van der Waals surface area contributed by atoms with Crippen molar-refractivity contribution < 1.29 is 9.32 Å². The average molecular weight is 244 g/mol. The van der Waals surface area contributed by atoms with Crippen LogP contribution in [-0.2, 0) is 0 Å². The number of hydrogen-bond donors (Lipinski definition) is 1. The summed E-state index contributed by atoms with van der Waals surface area (Å²) in [5, 5.41) is 0. The second-order valence-corrected chi connectivity index (χ2v) is 4.80. The fraction of sp³-hybridized carbons (Fsp3) is 0.600. The van der Waals surface area contributed by atoms with Crippen LogP contribution in [0.3, 0.4) is 0 Å². The van der Waals surface area contributed by atoms with Crippen molar-refractivity contribution in [3.05, 3.63) is 22.2 Å². The Morgan fingerprint density at radius 1 is 1.69 bits per heavy atom. The Balaban J connectivity index is 2.41. The van der Waals surface area contributed by atoms with Gasteiger partial charge in [-0.2, -0.15) is 11.8 Å². The summed E-state index contributed by atoms with van der Waals surface area (Å²) < 4.78 is 5.77. The van der Waals surface area contributed by atoms with Gasteiger partial charge in [-0.1, -0.05) is 0 Å². The molecule has 1 atom stereocenters. The van der Waals surface area contributed by atoms with E-state index in [1.165, 1.54) is 17.8 Å². The van der Waals surface area contributed by atoms with Gasteiger partial charge < -0.3 is 10.3 Å². The van der Waals surface area contributed by atoms with Crippen LogP contribution in [0.15, 0.2) is 15.4 Å². The van der Waals surface area contributed by atoms with Gasteiger partial charge in [0.15, 0.2) is 0 Å². The molecule has 0 amide bonds. The van der Waals surface area contributed by atoms with Gasteiger partial charge in [-0.15, -0.1) is 4.74 Å². The fourth-order valence-corrected chi connectivity index (χ4v) is 2.08. The molecule has 1 aromatic rings. The zero-order valence-corrected chi connectivity index (χ0v) is 10.3. The Hall–Kier alpha value is -1.01. The van der Waals surface area contributed by atoms with E-state index < -0.39 is 5.56 Å². The molecule has 1 heterocycles. The second kappa shape index (κ2) is 5.91. The molecule has 0 aliphatic rings. The van der Waals surface area contributed by atoms with Crippen molar-refractivity contribution in [2.24, 2.45) is 5.73 Å². The smallest absolute Gasteiger partial charge is 0.290 e. The van der Waals surface area contributed by atoms with Crippen molar-refractivity contribution in [3.8, 4) is 0 Å². The predicted molar refractivity (Wildman–Crippen MR) is 63.9 cm³/mol. The number of aromatic nitrogens is 1. The number of carbonyl (C=O) groups excluding carboxylic acids is 1. The summed E-state index contributed by atoms with van der Waals surface area (Å²) in [5.41, 5.74) is 5.17. The monoisotopic (exact) mass is 244 g/mol. The zero-order chi connectivity index (χ0) is 12.1. The van der Waals surface area contributed by atoms with Gasteiger partial charge in [-0.3, -0.25) is 9.59 Å². The Morgan fingerprint density at radius 2 is 2.38 bits per heavy atom. The van der Waals surface area contributed by atoms with Gasteiger partial charge in [0.25, 0.3) is 11.5 Å². The molecule has 6 heteroatoms. The van der Waals surface area contributed by atoms with E-state index in [4.69, 9.17) is 10.3 Å². The Morgan fingerprint density at radius 3 is 2.88 bits per heavy atom. The maximum atomic E-state index is 11.5. The number of carbonyl (C=O) groups is 1. The molecule has 1 unspecified atom stereocenters. The highest BCUT2D eigenvalue weighted by molar-refractivity contribution is 7.99. The third-order valence-corrected chi connectivity index (χ3v) is 2.91. The molecule has 0 aliphatic heterocycles. The first-order chi connectivity index (χ1) is 7.50. The van der Waals surface area contributed by atoms with Crippen LogP contribution in [0.2, 0.25) is 0 Å². The molecule has 0 saturated carbocycles. The number of hydrogen-bond acceptors (Lipinski definition) is 5. The highest BCUT2D eigenvalue weighted by Gasteiger charge is 2.11. The Labute approximate surface area is 97.9 Å². The van der Waals surface area contributed by atoms with E-state index in [0.717, 1.165) is 16.9 Å². The van der Waals surface area contributed by atoms with Crippen LogP contribution in [0.25, 0.3) is 0 Å². The summed E-state index contributed by atoms with van der Waals surface area (Å²) in [5.74, 6) is 1.16. The number of nitrogens with two attached hydrogens (primary N) is 1. The van der Waals surface area contributed by atoms with E-state index in [2.05, 4.69) is 0 Å². The molecular formula is C10H16N2O3S. The SMILES string of the molecule is Cc1cc(=O)n(C(=O)CSCCC(C)N)o1. The summed E-state index contributed by atoms with van der Waals surface area (Å²) in [6, 6.07) is 1.43.